The molecule has 1 aromatic carbocycles. The molecule has 3 aromatic heterocycles. The Bertz CT molecular complexity index is 1130. The summed E-state index contributed by atoms with van der Waals surface area (Å²) in [6, 6.07) is 14.3. The minimum absolute atomic E-state index is 0.0465. The average Bonchev–Trinajstić information content (AvgIpc) is 3.36. The van der Waals surface area contributed by atoms with Crippen LogP contribution in [0.15, 0.2) is 48.8 Å². The maximum atomic E-state index is 6.01. The maximum Gasteiger partial charge on any atom is 0.183 e. The van der Waals surface area contributed by atoms with Crippen molar-refractivity contribution >= 4 is 34.0 Å². The number of ether oxygens (including phenoxy) is 1. The minimum Gasteiger partial charge on any atom is -0.374 e. The number of hydrogen-bond acceptors (Lipinski definition) is 8. The molecule has 0 saturated carbocycles. The first-order valence-electron chi connectivity index (χ1n) is 10.00. The van der Waals surface area contributed by atoms with Crippen molar-refractivity contribution in [1.82, 2.24) is 29.9 Å². The largest absolute Gasteiger partial charge is 0.374 e. The van der Waals surface area contributed by atoms with Gasteiger partial charge in [0.25, 0.3) is 0 Å². The van der Waals surface area contributed by atoms with Crippen molar-refractivity contribution < 1.29 is 4.74 Å². The van der Waals surface area contributed by atoms with Gasteiger partial charge < -0.3 is 10.1 Å². The molecule has 8 nitrogen and oxygen atoms in total. The predicted octanol–water partition coefficient (Wildman–Crippen LogP) is 3.24. The Morgan fingerprint density at radius 2 is 2.07 bits per heavy atom. The molecule has 1 atom stereocenters. The third kappa shape index (κ3) is 4.18. The normalized spacial score (nSPS) is 17.4. The first kappa shape index (κ1) is 19.1. The number of thiophene rings is 1. The molecular weight excluding hydrogens is 398 g/mol. The highest BCUT2D eigenvalue weighted by molar-refractivity contribution is 7.11. The zero-order valence-corrected chi connectivity index (χ0v) is 17.5. The molecule has 1 N–H and O–H groups in total. The molecular formula is C21H23N7OS. The van der Waals surface area contributed by atoms with Crippen molar-refractivity contribution in [1.29, 1.82) is 0 Å². The van der Waals surface area contributed by atoms with Crippen molar-refractivity contribution in [2.75, 3.05) is 25.0 Å². The second kappa shape index (κ2) is 8.47. The number of morpholine rings is 1. The average molecular weight is 422 g/mol. The fourth-order valence-electron chi connectivity index (χ4n) is 3.68. The number of nitrogens with one attached hydrogen (secondary N) is 1. The smallest absolute Gasteiger partial charge is 0.183 e. The molecule has 0 spiro atoms. The standard InChI is InChI=1S/C21H23N7OS/c1-15-7-8-18(30-15)13-27-9-10-29-17(11-27)12-28-21-19(25-26-28)20(22-14-23-21)24-16-5-3-2-4-6-16/h2-8,14,17H,9-13H2,1H3,(H,22,23,24)/t17-/m0/s1. The van der Waals surface area contributed by atoms with E-state index in [0.717, 1.165) is 31.9 Å². The van der Waals surface area contributed by atoms with Crippen molar-refractivity contribution in [2.45, 2.75) is 26.1 Å². The number of hydrogen-bond donors (Lipinski definition) is 1. The van der Waals surface area contributed by atoms with Crippen LogP contribution in [0.3, 0.4) is 0 Å². The Morgan fingerprint density at radius 3 is 2.90 bits per heavy atom. The lowest BCUT2D eigenvalue weighted by Crippen LogP contribution is -2.43. The van der Waals surface area contributed by atoms with Crippen LogP contribution in [0, 0.1) is 6.92 Å². The Labute approximate surface area is 178 Å². The van der Waals surface area contributed by atoms with Gasteiger partial charge in [0.05, 0.1) is 19.3 Å². The number of rotatable bonds is 6. The van der Waals surface area contributed by atoms with Crippen LogP contribution in [-0.2, 0) is 17.8 Å². The van der Waals surface area contributed by atoms with Crippen molar-refractivity contribution in [3.05, 3.63) is 58.5 Å². The molecule has 154 valence electrons. The second-order valence-electron chi connectivity index (χ2n) is 7.40. The molecule has 4 heterocycles. The van der Waals surface area contributed by atoms with Gasteiger partial charge in [-0.05, 0) is 31.2 Å². The van der Waals surface area contributed by atoms with Crippen LogP contribution in [0.4, 0.5) is 11.5 Å². The molecule has 1 fully saturated rings. The quantitative estimate of drug-likeness (QED) is 0.512. The summed E-state index contributed by atoms with van der Waals surface area (Å²) in [7, 11) is 0. The highest BCUT2D eigenvalue weighted by Crippen LogP contribution is 2.22. The van der Waals surface area contributed by atoms with E-state index < -0.39 is 0 Å². The molecule has 0 unspecified atom stereocenters. The monoisotopic (exact) mass is 421 g/mol. The van der Waals surface area contributed by atoms with Gasteiger partial charge in [0, 0.05) is 35.1 Å². The van der Waals surface area contributed by atoms with Gasteiger partial charge in [-0.3, -0.25) is 4.90 Å². The first-order chi connectivity index (χ1) is 14.7. The van der Waals surface area contributed by atoms with Gasteiger partial charge in [-0.25, -0.2) is 14.6 Å². The maximum absolute atomic E-state index is 6.01. The molecule has 4 aromatic rings. The Kier molecular flexibility index (Phi) is 5.39. The lowest BCUT2D eigenvalue weighted by Gasteiger charge is -2.32. The molecule has 0 aliphatic carbocycles. The van der Waals surface area contributed by atoms with Gasteiger partial charge in [-0.2, -0.15) is 0 Å². The number of aryl methyl sites for hydroxylation is 1. The molecule has 5 rings (SSSR count). The zero-order valence-electron chi connectivity index (χ0n) is 16.7. The summed E-state index contributed by atoms with van der Waals surface area (Å²) in [5.74, 6) is 0.650. The van der Waals surface area contributed by atoms with Gasteiger partial charge in [-0.15, -0.1) is 16.4 Å². The van der Waals surface area contributed by atoms with Crippen LogP contribution in [0.5, 0.6) is 0 Å². The summed E-state index contributed by atoms with van der Waals surface area (Å²) in [6.07, 6.45) is 1.59. The lowest BCUT2D eigenvalue weighted by atomic mass is 10.2. The molecule has 30 heavy (non-hydrogen) atoms. The number of nitrogens with zero attached hydrogens (tertiary/aromatic N) is 6. The highest BCUT2D eigenvalue weighted by atomic mass is 32.1. The van der Waals surface area contributed by atoms with Gasteiger partial charge in [0.1, 0.15) is 6.33 Å². The molecule has 1 saturated heterocycles. The van der Waals surface area contributed by atoms with E-state index >= 15 is 0 Å². The Hall–Kier alpha value is -2.88. The van der Waals surface area contributed by atoms with Crippen LogP contribution >= 0.6 is 11.3 Å². The molecule has 0 radical (unpaired) electrons. The van der Waals surface area contributed by atoms with E-state index in [1.54, 1.807) is 6.33 Å². The van der Waals surface area contributed by atoms with Crippen LogP contribution in [-0.4, -0.2) is 55.7 Å². The number of anilines is 2. The van der Waals surface area contributed by atoms with Gasteiger partial charge in [-0.1, -0.05) is 23.4 Å². The van der Waals surface area contributed by atoms with Crippen molar-refractivity contribution in [2.24, 2.45) is 0 Å². The third-order valence-electron chi connectivity index (χ3n) is 5.11. The molecule has 9 heteroatoms. The van der Waals surface area contributed by atoms with E-state index in [2.05, 4.69) is 49.6 Å². The van der Waals surface area contributed by atoms with Crippen LogP contribution in [0.1, 0.15) is 9.75 Å². The van der Waals surface area contributed by atoms with Gasteiger partial charge in [0.2, 0.25) is 0 Å². The van der Waals surface area contributed by atoms with Crippen LogP contribution in [0.2, 0.25) is 0 Å². The molecule has 1 aliphatic rings. The van der Waals surface area contributed by atoms with Gasteiger partial charge in [0.15, 0.2) is 17.0 Å². The Morgan fingerprint density at radius 1 is 1.17 bits per heavy atom. The lowest BCUT2D eigenvalue weighted by molar-refractivity contribution is -0.0396. The van der Waals surface area contributed by atoms with E-state index in [9.17, 15) is 0 Å². The fourth-order valence-corrected chi connectivity index (χ4v) is 4.61. The molecule has 0 amide bonds. The molecule has 0 bridgehead atoms. The van der Waals surface area contributed by atoms with E-state index in [1.807, 2.05) is 46.4 Å². The Balaban J connectivity index is 1.30. The van der Waals surface area contributed by atoms with Crippen molar-refractivity contribution in [3.63, 3.8) is 0 Å². The van der Waals surface area contributed by atoms with E-state index in [0.29, 0.717) is 23.5 Å². The second-order valence-corrected chi connectivity index (χ2v) is 8.77. The third-order valence-corrected chi connectivity index (χ3v) is 6.10. The summed E-state index contributed by atoms with van der Waals surface area (Å²) >= 11 is 1.86. The number of benzene rings is 1. The zero-order chi connectivity index (χ0) is 20.3. The van der Waals surface area contributed by atoms with Crippen LogP contribution in [0.25, 0.3) is 11.2 Å². The topological polar surface area (TPSA) is 81.0 Å². The highest BCUT2D eigenvalue weighted by Gasteiger charge is 2.23. The fraction of sp³-hybridized carbons (Fsp3) is 0.333. The van der Waals surface area contributed by atoms with E-state index in [1.165, 1.54) is 9.75 Å². The van der Waals surface area contributed by atoms with Gasteiger partial charge >= 0.3 is 0 Å². The summed E-state index contributed by atoms with van der Waals surface area (Å²) in [5, 5.41) is 12.0. The van der Waals surface area contributed by atoms with Crippen molar-refractivity contribution in [3.8, 4) is 0 Å². The van der Waals surface area contributed by atoms with Crippen LogP contribution < -0.4 is 5.32 Å². The summed E-state index contributed by atoms with van der Waals surface area (Å²) in [4.78, 5) is 13.9. The summed E-state index contributed by atoms with van der Waals surface area (Å²) < 4.78 is 7.83. The predicted molar refractivity (Wildman–Crippen MR) is 117 cm³/mol. The number of fused-ring (bicyclic) bond motifs is 1. The molecule has 1 aliphatic heterocycles. The summed E-state index contributed by atoms with van der Waals surface area (Å²) in [5.41, 5.74) is 2.31. The first-order valence-corrected chi connectivity index (χ1v) is 10.8. The van der Waals surface area contributed by atoms with E-state index in [-0.39, 0.29) is 6.10 Å². The minimum atomic E-state index is 0.0465. The summed E-state index contributed by atoms with van der Waals surface area (Å²) in [6.45, 7) is 6.24. The SMILES string of the molecule is Cc1ccc(CN2CCO[C@H](Cn3nnc4c(Nc5ccccc5)ncnc43)C2)s1. The number of aromatic nitrogens is 5. The van der Waals surface area contributed by atoms with E-state index in [4.69, 9.17) is 4.74 Å². The number of para-hydroxylation sites is 1.